The highest BCUT2D eigenvalue weighted by Crippen LogP contribution is 2.22. The SMILES string of the molecule is CN(CC(C)(CO)CO)c1ccnc(C(C)(C)C)n1. The van der Waals surface area contributed by atoms with Crippen LogP contribution in [0.2, 0.25) is 0 Å². The van der Waals surface area contributed by atoms with E-state index in [2.05, 4.69) is 30.7 Å². The lowest BCUT2D eigenvalue weighted by molar-refractivity contribution is 0.0761. The molecule has 0 saturated heterocycles. The topological polar surface area (TPSA) is 69.5 Å². The molecule has 0 aliphatic carbocycles. The van der Waals surface area contributed by atoms with Crippen molar-refractivity contribution in [3.63, 3.8) is 0 Å². The van der Waals surface area contributed by atoms with Crippen molar-refractivity contribution in [1.29, 1.82) is 0 Å². The Morgan fingerprint density at radius 1 is 1.16 bits per heavy atom. The van der Waals surface area contributed by atoms with Gasteiger partial charge in [-0.3, -0.25) is 0 Å². The van der Waals surface area contributed by atoms with Crippen LogP contribution in [0.15, 0.2) is 12.3 Å². The average molecular weight is 267 g/mol. The van der Waals surface area contributed by atoms with Gasteiger partial charge in [-0.15, -0.1) is 0 Å². The lowest BCUT2D eigenvalue weighted by atomic mass is 9.92. The van der Waals surface area contributed by atoms with Crippen LogP contribution >= 0.6 is 0 Å². The van der Waals surface area contributed by atoms with Crippen LogP contribution in [-0.4, -0.2) is 47.0 Å². The molecule has 108 valence electrons. The van der Waals surface area contributed by atoms with E-state index in [-0.39, 0.29) is 18.6 Å². The summed E-state index contributed by atoms with van der Waals surface area (Å²) in [6.07, 6.45) is 1.74. The predicted molar refractivity (Wildman–Crippen MR) is 76.3 cm³/mol. The molecule has 0 bridgehead atoms. The van der Waals surface area contributed by atoms with Crippen LogP contribution in [0.4, 0.5) is 5.82 Å². The Kier molecular flexibility index (Phi) is 4.87. The Balaban J connectivity index is 2.92. The van der Waals surface area contributed by atoms with Gasteiger partial charge in [0.05, 0.1) is 13.2 Å². The summed E-state index contributed by atoms with van der Waals surface area (Å²) < 4.78 is 0. The molecule has 5 heteroatoms. The summed E-state index contributed by atoms with van der Waals surface area (Å²) in [7, 11) is 1.90. The number of rotatable bonds is 5. The molecule has 0 aliphatic heterocycles. The largest absolute Gasteiger partial charge is 0.396 e. The molecule has 0 saturated carbocycles. The summed E-state index contributed by atoms with van der Waals surface area (Å²) in [6, 6.07) is 1.84. The smallest absolute Gasteiger partial charge is 0.135 e. The van der Waals surface area contributed by atoms with Gasteiger partial charge in [-0.05, 0) is 6.07 Å². The zero-order chi connectivity index (χ0) is 14.7. The maximum absolute atomic E-state index is 9.35. The van der Waals surface area contributed by atoms with Crippen molar-refractivity contribution in [3.05, 3.63) is 18.1 Å². The van der Waals surface area contributed by atoms with E-state index in [1.165, 1.54) is 0 Å². The first kappa shape index (κ1) is 15.9. The molecule has 2 N–H and O–H groups in total. The molecular weight excluding hydrogens is 242 g/mol. The van der Waals surface area contributed by atoms with Gasteiger partial charge in [-0.1, -0.05) is 27.7 Å². The minimum Gasteiger partial charge on any atom is -0.396 e. The van der Waals surface area contributed by atoms with Gasteiger partial charge < -0.3 is 15.1 Å². The fraction of sp³-hybridized carbons (Fsp3) is 0.714. The van der Waals surface area contributed by atoms with Gasteiger partial charge in [0.1, 0.15) is 11.6 Å². The highest BCUT2D eigenvalue weighted by Gasteiger charge is 2.25. The normalized spacial score (nSPS) is 12.6. The van der Waals surface area contributed by atoms with Crippen molar-refractivity contribution in [2.75, 3.05) is 31.7 Å². The first-order valence-corrected chi connectivity index (χ1v) is 6.48. The van der Waals surface area contributed by atoms with Gasteiger partial charge in [0.2, 0.25) is 0 Å². The van der Waals surface area contributed by atoms with Gasteiger partial charge in [0, 0.05) is 30.6 Å². The number of hydrogen-bond acceptors (Lipinski definition) is 5. The fourth-order valence-electron chi connectivity index (χ4n) is 1.73. The van der Waals surface area contributed by atoms with Crippen LogP contribution in [0.25, 0.3) is 0 Å². The number of aliphatic hydroxyl groups excluding tert-OH is 2. The maximum Gasteiger partial charge on any atom is 0.135 e. The third-order valence-electron chi connectivity index (χ3n) is 3.09. The van der Waals surface area contributed by atoms with Crippen LogP contribution in [0.1, 0.15) is 33.5 Å². The van der Waals surface area contributed by atoms with Crippen LogP contribution < -0.4 is 4.90 Å². The van der Waals surface area contributed by atoms with Crippen LogP contribution in [0.3, 0.4) is 0 Å². The minimum absolute atomic E-state index is 0.0644. The molecule has 0 fully saturated rings. The number of aliphatic hydroxyl groups is 2. The predicted octanol–water partition coefficient (Wildman–Crippen LogP) is 1.20. The average Bonchev–Trinajstić information content (AvgIpc) is 2.37. The van der Waals surface area contributed by atoms with Crippen molar-refractivity contribution in [3.8, 4) is 0 Å². The summed E-state index contributed by atoms with van der Waals surface area (Å²) in [5.41, 5.74) is -0.643. The van der Waals surface area contributed by atoms with Crippen molar-refractivity contribution >= 4 is 5.82 Å². The van der Waals surface area contributed by atoms with E-state index in [9.17, 15) is 10.2 Å². The standard InChI is InChI=1S/C14H25N3O2/c1-13(2,3)12-15-7-6-11(16-12)17(5)8-14(4,9-18)10-19/h6-7,18-19H,8-10H2,1-5H3. The molecule has 19 heavy (non-hydrogen) atoms. The zero-order valence-electron chi connectivity index (χ0n) is 12.5. The molecule has 0 atom stereocenters. The first-order valence-electron chi connectivity index (χ1n) is 6.48. The van der Waals surface area contributed by atoms with Crippen molar-refractivity contribution in [1.82, 2.24) is 9.97 Å². The maximum atomic E-state index is 9.35. The van der Waals surface area contributed by atoms with Crippen LogP contribution in [-0.2, 0) is 5.41 Å². The Labute approximate surface area is 115 Å². The monoisotopic (exact) mass is 267 g/mol. The van der Waals surface area contributed by atoms with E-state index in [0.29, 0.717) is 6.54 Å². The third kappa shape index (κ3) is 4.14. The number of nitrogens with zero attached hydrogens (tertiary/aromatic N) is 3. The number of aromatic nitrogens is 2. The Morgan fingerprint density at radius 2 is 1.74 bits per heavy atom. The highest BCUT2D eigenvalue weighted by atomic mass is 16.3. The van der Waals surface area contributed by atoms with Gasteiger partial charge in [0.15, 0.2) is 0 Å². The molecule has 0 unspecified atom stereocenters. The lowest BCUT2D eigenvalue weighted by Gasteiger charge is -2.31. The van der Waals surface area contributed by atoms with E-state index in [4.69, 9.17) is 0 Å². The van der Waals surface area contributed by atoms with Gasteiger partial charge in [0.25, 0.3) is 0 Å². The molecule has 0 aromatic carbocycles. The molecule has 0 amide bonds. The number of hydrogen-bond donors (Lipinski definition) is 2. The molecule has 0 radical (unpaired) electrons. The van der Waals surface area contributed by atoms with E-state index in [1.54, 1.807) is 6.20 Å². The molecule has 1 aromatic rings. The first-order chi connectivity index (χ1) is 8.72. The van der Waals surface area contributed by atoms with Gasteiger partial charge in [-0.2, -0.15) is 0 Å². The van der Waals surface area contributed by atoms with E-state index >= 15 is 0 Å². The van der Waals surface area contributed by atoms with Crippen LogP contribution in [0, 0.1) is 5.41 Å². The molecular formula is C14H25N3O2. The Hall–Kier alpha value is -1.20. The van der Waals surface area contributed by atoms with Crippen molar-refractivity contribution < 1.29 is 10.2 Å². The zero-order valence-corrected chi connectivity index (χ0v) is 12.5. The van der Waals surface area contributed by atoms with Crippen LogP contribution in [0.5, 0.6) is 0 Å². The third-order valence-corrected chi connectivity index (χ3v) is 3.09. The number of anilines is 1. The van der Waals surface area contributed by atoms with Gasteiger partial charge >= 0.3 is 0 Å². The van der Waals surface area contributed by atoms with Gasteiger partial charge in [-0.25, -0.2) is 9.97 Å². The van der Waals surface area contributed by atoms with E-state index in [0.717, 1.165) is 11.6 Å². The quantitative estimate of drug-likeness (QED) is 0.839. The summed E-state index contributed by atoms with van der Waals surface area (Å²) in [5, 5.41) is 18.7. The molecule has 1 rings (SSSR count). The molecule has 0 spiro atoms. The molecule has 1 aromatic heterocycles. The summed E-state index contributed by atoms with van der Waals surface area (Å²) >= 11 is 0. The van der Waals surface area contributed by atoms with Crippen molar-refractivity contribution in [2.24, 2.45) is 5.41 Å². The summed E-state index contributed by atoms with van der Waals surface area (Å²) in [5.74, 6) is 1.58. The second-order valence-corrected chi connectivity index (χ2v) is 6.47. The molecule has 1 heterocycles. The second kappa shape index (κ2) is 5.84. The molecule has 5 nitrogen and oxygen atoms in total. The molecule has 0 aliphatic rings. The van der Waals surface area contributed by atoms with E-state index in [1.807, 2.05) is 24.9 Å². The highest BCUT2D eigenvalue weighted by molar-refractivity contribution is 5.37. The Bertz CT molecular complexity index is 411. The minimum atomic E-state index is -0.540. The fourth-order valence-corrected chi connectivity index (χ4v) is 1.73. The Morgan fingerprint density at radius 3 is 2.21 bits per heavy atom. The summed E-state index contributed by atoms with van der Waals surface area (Å²) in [4.78, 5) is 10.8. The van der Waals surface area contributed by atoms with Crippen molar-refractivity contribution in [2.45, 2.75) is 33.1 Å². The second-order valence-electron chi connectivity index (χ2n) is 6.47. The lowest BCUT2D eigenvalue weighted by Crippen LogP contribution is -2.39. The van der Waals surface area contributed by atoms with E-state index < -0.39 is 5.41 Å². The summed E-state index contributed by atoms with van der Waals surface area (Å²) in [6.45, 7) is 8.44.